The summed E-state index contributed by atoms with van der Waals surface area (Å²) in [6.07, 6.45) is 0. The minimum absolute atomic E-state index is 0.0428. The molecule has 0 unspecified atom stereocenters. The Hall–Kier alpha value is -2.29. The molecule has 2 aromatic rings. The Bertz CT molecular complexity index is 815. The van der Waals surface area contributed by atoms with Crippen LogP contribution in [0, 0.1) is 18.8 Å². The second kappa shape index (κ2) is 7.82. The van der Waals surface area contributed by atoms with Crippen LogP contribution in [0.4, 0.5) is 0 Å². The Morgan fingerprint density at radius 1 is 1.13 bits per heavy atom. The number of nitrogens with one attached hydrogen (secondary N) is 1. The minimum Gasteiger partial charge on any atom is -0.497 e. The van der Waals surface area contributed by atoms with Crippen LogP contribution in [0.3, 0.4) is 0 Å². The smallest absolute Gasteiger partial charge is 0.216 e. The standard InChI is InChI=1S/C18H19NO3S/c1-15-5-3-6-17(13-15)14-23(20,21)19-12-4-7-16-8-10-18(22-2)11-9-16/h3,5-6,8-11,13,19H,12,14H2,1-2H3. The Morgan fingerprint density at radius 3 is 2.52 bits per heavy atom. The van der Waals surface area contributed by atoms with E-state index in [1.54, 1.807) is 13.2 Å². The predicted molar refractivity (Wildman–Crippen MR) is 91.7 cm³/mol. The van der Waals surface area contributed by atoms with Gasteiger partial charge in [0, 0.05) is 5.56 Å². The SMILES string of the molecule is COc1ccc(C#CCNS(=O)(=O)Cc2cccc(C)c2)cc1. The van der Waals surface area contributed by atoms with Gasteiger partial charge in [-0.3, -0.25) is 0 Å². The number of hydrogen-bond acceptors (Lipinski definition) is 3. The zero-order valence-corrected chi connectivity index (χ0v) is 14.0. The van der Waals surface area contributed by atoms with Crippen LogP contribution in [0.5, 0.6) is 5.75 Å². The fourth-order valence-corrected chi connectivity index (χ4v) is 3.05. The van der Waals surface area contributed by atoms with Gasteiger partial charge >= 0.3 is 0 Å². The molecule has 0 radical (unpaired) electrons. The second-order valence-corrected chi connectivity index (χ2v) is 6.91. The molecule has 120 valence electrons. The molecule has 0 saturated heterocycles. The quantitative estimate of drug-likeness (QED) is 0.858. The first-order valence-electron chi connectivity index (χ1n) is 7.14. The lowest BCUT2D eigenvalue weighted by molar-refractivity contribution is 0.415. The van der Waals surface area contributed by atoms with Crippen molar-refractivity contribution < 1.29 is 13.2 Å². The molecule has 1 N–H and O–H groups in total. The molecule has 0 aliphatic heterocycles. The molecule has 5 heteroatoms. The molecule has 4 nitrogen and oxygen atoms in total. The van der Waals surface area contributed by atoms with Crippen molar-refractivity contribution in [2.45, 2.75) is 12.7 Å². The maximum absolute atomic E-state index is 12.0. The van der Waals surface area contributed by atoms with Crippen molar-refractivity contribution in [3.05, 3.63) is 65.2 Å². The highest BCUT2D eigenvalue weighted by Gasteiger charge is 2.10. The number of sulfonamides is 1. The van der Waals surface area contributed by atoms with Crippen molar-refractivity contribution in [1.82, 2.24) is 4.72 Å². The lowest BCUT2D eigenvalue weighted by atomic mass is 10.2. The van der Waals surface area contributed by atoms with Crippen LogP contribution < -0.4 is 9.46 Å². The first kappa shape index (κ1) is 17.1. The Kier molecular flexibility index (Phi) is 5.80. The van der Waals surface area contributed by atoms with Gasteiger partial charge < -0.3 is 4.74 Å². The van der Waals surface area contributed by atoms with Crippen molar-refractivity contribution in [1.29, 1.82) is 0 Å². The highest BCUT2D eigenvalue weighted by atomic mass is 32.2. The van der Waals surface area contributed by atoms with E-state index in [-0.39, 0.29) is 12.3 Å². The molecule has 0 heterocycles. The molecule has 2 aromatic carbocycles. The number of hydrogen-bond donors (Lipinski definition) is 1. The largest absolute Gasteiger partial charge is 0.497 e. The number of methoxy groups -OCH3 is 1. The van der Waals surface area contributed by atoms with Crippen molar-refractivity contribution in [2.75, 3.05) is 13.7 Å². The molecule has 0 aromatic heterocycles. The topological polar surface area (TPSA) is 55.4 Å². The summed E-state index contributed by atoms with van der Waals surface area (Å²) in [6.45, 7) is 2.02. The molecule has 2 rings (SSSR count). The summed E-state index contributed by atoms with van der Waals surface area (Å²) in [5, 5.41) is 0. The van der Waals surface area contributed by atoms with Crippen LogP contribution >= 0.6 is 0 Å². The monoisotopic (exact) mass is 329 g/mol. The van der Waals surface area contributed by atoms with E-state index in [1.165, 1.54) is 0 Å². The summed E-state index contributed by atoms with van der Waals surface area (Å²) in [6, 6.07) is 14.7. The minimum atomic E-state index is -3.39. The van der Waals surface area contributed by atoms with Gasteiger partial charge in [0.2, 0.25) is 10.0 Å². The highest BCUT2D eigenvalue weighted by molar-refractivity contribution is 7.88. The molecule has 0 bridgehead atoms. The van der Waals surface area contributed by atoms with Gasteiger partial charge in [-0.15, -0.1) is 0 Å². The van der Waals surface area contributed by atoms with Gasteiger partial charge in [0.05, 0.1) is 19.4 Å². The molecule has 0 fully saturated rings. The molecule has 0 saturated carbocycles. The van der Waals surface area contributed by atoms with Crippen LogP contribution in [0.25, 0.3) is 0 Å². The molecular formula is C18H19NO3S. The Morgan fingerprint density at radius 2 is 1.87 bits per heavy atom. The van der Waals surface area contributed by atoms with Gasteiger partial charge in [-0.25, -0.2) is 13.1 Å². The van der Waals surface area contributed by atoms with Crippen molar-refractivity contribution >= 4 is 10.0 Å². The van der Waals surface area contributed by atoms with Gasteiger partial charge in [-0.05, 0) is 36.8 Å². The van der Waals surface area contributed by atoms with Gasteiger partial charge in [-0.2, -0.15) is 0 Å². The van der Waals surface area contributed by atoms with Gasteiger partial charge in [0.25, 0.3) is 0 Å². The molecule has 0 amide bonds. The fourth-order valence-electron chi connectivity index (χ4n) is 2.04. The molecule has 0 spiro atoms. The summed E-state index contributed by atoms with van der Waals surface area (Å²) >= 11 is 0. The van der Waals surface area contributed by atoms with Crippen LogP contribution in [-0.4, -0.2) is 22.1 Å². The maximum atomic E-state index is 12.0. The molecule has 23 heavy (non-hydrogen) atoms. The molecular weight excluding hydrogens is 310 g/mol. The normalized spacial score (nSPS) is 10.7. The van der Waals surface area contributed by atoms with Crippen LogP contribution in [-0.2, 0) is 15.8 Å². The Balaban J connectivity index is 1.91. The van der Waals surface area contributed by atoms with Crippen LogP contribution in [0.1, 0.15) is 16.7 Å². The van der Waals surface area contributed by atoms with E-state index >= 15 is 0 Å². The van der Waals surface area contributed by atoms with E-state index in [0.717, 1.165) is 22.4 Å². The van der Waals surface area contributed by atoms with E-state index in [2.05, 4.69) is 16.6 Å². The first-order chi connectivity index (χ1) is 11.0. The zero-order valence-electron chi connectivity index (χ0n) is 13.2. The van der Waals surface area contributed by atoms with Crippen molar-refractivity contribution in [2.24, 2.45) is 0 Å². The Labute approximate surface area is 137 Å². The predicted octanol–water partition coefficient (Wildman–Crippen LogP) is 2.47. The third-order valence-electron chi connectivity index (χ3n) is 3.14. The van der Waals surface area contributed by atoms with Crippen LogP contribution in [0.2, 0.25) is 0 Å². The third kappa shape index (κ3) is 5.78. The highest BCUT2D eigenvalue weighted by Crippen LogP contribution is 2.10. The van der Waals surface area contributed by atoms with Gasteiger partial charge in [0.1, 0.15) is 5.75 Å². The van der Waals surface area contributed by atoms with E-state index in [0.29, 0.717) is 0 Å². The van der Waals surface area contributed by atoms with Crippen molar-refractivity contribution in [3.8, 4) is 17.6 Å². The summed E-state index contributed by atoms with van der Waals surface area (Å²) in [5.41, 5.74) is 2.61. The van der Waals surface area contributed by atoms with Gasteiger partial charge in [0.15, 0.2) is 0 Å². The summed E-state index contributed by atoms with van der Waals surface area (Å²) in [7, 11) is -1.79. The van der Waals surface area contributed by atoms with E-state index in [1.807, 2.05) is 49.4 Å². The number of rotatable bonds is 5. The number of ether oxygens (including phenoxy) is 1. The first-order valence-corrected chi connectivity index (χ1v) is 8.79. The fraction of sp³-hybridized carbons (Fsp3) is 0.222. The molecule has 0 aliphatic rings. The summed E-state index contributed by atoms with van der Waals surface area (Å²) in [5.74, 6) is 6.44. The molecule has 0 aliphatic carbocycles. The number of aryl methyl sites for hydroxylation is 1. The van der Waals surface area contributed by atoms with Gasteiger partial charge in [-0.1, -0.05) is 41.7 Å². The van der Waals surface area contributed by atoms with Crippen molar-refractivity contribution in [3.63, 3.8) is 0 Å². The average molecular weight is 329 g/mol. The van der Waals surface area contributed by atoms with E-state index in [4.69, 9.17) is 4.74 Å². The van der Waals surface area contributed by atoms with E-state index < -0.39 is 10.0 Å². The summed E-state index contributed by atoms with van der Waals surface area (Å²) in [4.78, 5) is 0. The third-order valence-corrected chi connectivity index (χ3v) is 4.44. The average Bonchev–Trinajstić information content (AvgIpc) is 2.52. The molecule has 0 atom stereocenters. The summed E-state index contributed by atoms with van der Waals surface area (Å²) < 4.78 is 31.6. The zero-order chi connectivity index (χ0) is 16.7. The maximum Gasteiger partial charge on any atom is 0.216 e. The second-order valence-electron chi connectivity index (χ2n) is 5.10. The lowest BCUT2D eigenvalue weighted by Crippen LogP contribution is -2.25. The lowest BCUT2D eigenvalue weighted by Gasteiger charge is -2.04. The van der Waals surface area contributed by atoms with Crippen LogP contribution in [0.15, 0.2) is 48.5 Å². The van der Waals surface area contributed by atoms with E-state index in [9.17, 15) is 8.42 Å². The number of benzene rings is 2.